The fourth-order valence-corrected chi connectivity index (χ4v) is 0.661. The fourth-order valence-electron chi connectivity index (χ4n) is 0.661. The minimum atomic E-state index is -3.25. The summed E-state index contributed by atoms with van der Waals surface area (Å²) in [7, 11) is 0. The molecule has 1 aliphatic rings. The quantitative estimate of drug-likeness (QED) is 0.623. The highest BCUT2D eigenvalue weighted by molar-refractivity contribution is 4.80. The van der Waals surface area contributed by atoms with Crippen molar-refractivity contribution in [1.82, 2.24) is 0 Å². The first-order chi connectivity index (χ1) is 4.52. The number of halogens is 3. The Labute approximate surface area is 55.6 Å². The van der Waals surface area contributed by atoms with Gasteiger partial charge in [0.05, 0.1) is 0 Å². The van der Waals surface area contributed by atoms with Crippen molar-refractivity contribution in [2.45, 2.75) is 25.5 Å². The number of rotatable bonds is 3. The van der Waals surface area contributed by atoms with E-state index in [0.29, 0.717) is 12.8 Å². The van der Waals surface area contributed by atoms with E-state index in [-0.39, 0.29) is 0 Å². The van der Waals surface area contributed by atoms with Crippen LogP contribution in [0.4, 0.5) is 13.2 Å². The molecule has 1 fully saturated rings. The van der Waals surface area contributed by atoms with Crippen molar-refractivity contribution in [1.29, 1.82) is 0 Å². The third-order valence-corrected chi connectivity index (χ3v) is 1.34. The van der Waals surface area contributed by atoms with Crippen LogP contribution < -0.4 is 0 Å². The molecule has 10 heavy (non-hydrogen) atoms. The lowest BCUT2D eigenvalue weighted by molar-refractivity contribution is -0.364. The summed E-state index contributed by atoms with van der Waals surface area (Å²) in [6, 6.07) is -3.12. The van der Waals surface area contributed by atoms with Gasteiger partial charge in [0, 0.05) is 5.92 Å². The maximum Gasteiger partial charge on any atom is 0.349 e. The molecule has 0 aliphatic heterocycles. The molecule has 0 aromatic carbocycles. The molecule has 1 rings (SSSR count). The zero-order chi connectivity index (χ0) is 7.78. The van der Waals surface area contributed by atoms with Gasteiger partial charge < -0.3 is 5.11 Å². The Balaban J connectivity index is 2.34. The van der Waals surface area contributed by atoms with Crippen molar-refractivity contribution >= 4 is 0 Å². The summed E-state index contributed by atoms with van der Waals surface area (Å²) >= 11 is 0. The molecule has 5 heteroatoms. The topological polar surface area (TPSA) is 29.5 Å². The molecular weight excluding hydrogens is 149 g/mol. The van der Waals surface area contributed by atoms with E-state index in [0.717, 1.165) is 0 Å². The second-order valence-electron chi connectivity index (χ2n) is 2.26. The summed E-state index contributed by atoms with van der Waals surface area (Å²) in [5, 5.41) is 8.46. The standard InChI is InChI=1S/C5H7F3O2/c6-4(7)10-5(8,9)3-1-2-3/h3-4,9H,1-2H2. The van der Waals surface area contributed by atoms with E-state index < -0.39 is 18.6 Å². The number of alkyl halides is 3. The summed E-state index contributed by atoms with van der Waals surface area (Å²) in [6.07, 6.45) is 0.805. The maximum atomic E-state index is 12.4. The zero-order valence-corrected chi connectivity index (χ0v) is 5.06. The molecule has 0 bridgehead atoms. The number of aliphatic hydroxyl groups is 1. The average molecular weight is 156 g/mol. The summed E-state index contributed by atoms with van der Waals surface area (Å²) < 4.78 is 38.3. The van der Waals surface area contributed by atoms with Gasteiger partial charge in [0.15, 0.2) is 0 Å². The average Bonchev–Trinajstić information content (AvgIpc) is 2.35. The first kappa shape index (κ1) is 7.81. The molecule has 0 aromatic heterocycles. The van der Waals surface area contributed by atoms with Crippen molar-refractivity contribution in [3.05, 3.63) is 0 Å². The van der Waals surface area contributed by atoms with Crippen LogP contribution in [-0.4, -0.2) is 17.8 Å². The Hall–Kier alpha value is -0.290. The van der Waals surface area contributed by atoms with Crippen LogP contribution in [0.1, 0.15) is 12.8 Å². The van der Waals surface area contributed by atoms with E-state index in [1.807, 2.05) is 0 Å². The molecular formula is C5H7F3O2. The van der Waals surface area contributed by atoms with Gasteiger partial charge in [-0.3, -0.25) is 4.74 Å². The molecule has 60 valence electrons. The predicted molar refractivity (Wildman–Crippen MR) is 25.9 cm³/mol. The van der Waals surface area contributed by atoms with E-state index in [2.05, 4.69) is 4.74 Å². The van der Waals surface area contributed by atoms with Crippen molar-refractivity contribution in [3.8, 4) is 0 Å². The highest BCUT2D eigenvalue weighted by Gasteiger charge is 2.47. The molecule has 0 saturated heterocycles. The first-order valence-electron chi connectivity index (χ1n) is 2.89. The van der Waals surface area contributed by atoms with Gasteiger partial charge >= 0.3 is 12.7 Å². The molecule has 0 heterocycles. The van der Waals surface area contributed by atoms with Crippen LogP contribution in [0.3, 0.4) is 0 Å². The molecule has 0 spiro atoms. The van der Waals surface area contributed by atoms with Crippen molar-refractivity contribution in [3.63, 3.8) is 0 Å². The Kier molecular flexibility index (Phi) is 1.87. The van der Waals surface area contributed by atoms with Crippen LogP contribution in [0, 0.1) is 5.92 Å². The molecule has 2 nitrogen and oxygen atoms in total. The van der Waals surface area contributed by atoms with E-state index in [1.54, 1.807) is 0 Å². The van der Waals surface area contributed by atoms with Gasteiger partial charge in [-0.1, -0.05) is 0 Å². The summed E-state index contributed by atoms with van der Waals surface area (Å²) in [5.74, 6) is -0.762. The Morgan fingerprint density at radius 3 is 2.30 bits per heavy atom. The number of hydrogen-bond donors (Lipinski definition) is 1. The van der Waals surface area contributed by atoms with Gasteiger partial charge in [-0.25, -0.2) is 0 Å². The molecule has 1 atom stereocenters. The van der Waals surface area contributed by atoms with Crippen molar-refractivity contribution in [2.75, 3.05) is 0 Å². The molecule has 0 amide bonds. The lowest BCUT2D eigenvalue weighted by Gasteiger charge is -2.17. The first-order valence-corrected chi connectivity index (χ1v) is 2.89. The highest BCUT2D eigenvalue weighted by atomic mass is 19.3. The lowest BCUT2D eigenvalue weighted by Crippen LogP contribution is -2.31. The van der Waals surface area contributed by atoms with Gasteiger partial charge in [-0.15, -0.1) is 0 Å². The van der Waals surface area contributed by atoms with Crippen LogP contribution in [0.2, 0.25) is 0 Å². The second-order valence-corrected chi connectivity index (χ2v) is 2.26. The third kappa shape index (κ3) is 1.85. The monoisotopic (exact) mass is 156 g/mol. The normalized spacial score (nSPS) is 24.9. The Morgan fingerprint density at radius 1 is 1.50 bits per heavy atom. The molecule has 0 radical (unpaired) electrons. The van der Waals surface area contributed by atoms with Crippen molar-refractivity contribution < 1.29 is 23.0 Å². The van der Waals surface area contributed by atoms with Gasteiger partial charge in [0.1, 0.15) is 0 Å². The van der Waals surface area contributed by atoms with Gasteiger partial charge in [0.2, 0.25) is 0 Å². The van der Waals surface area contributed by atoms with Crippen LogP contribution in [0.5, 0.6) is 0 Å². The number of ether oxygens (including phenoxy) is 1. The van der Waals surface area contributed by atoms with Crippen LogP contribution in [0.25, 0.3) is 0 Å². The van der Waals surface area contributed by atoms with Crippen LogP contribution >= 0.6 is 0 Å². The summed E-state index contributed by atoms with van der Waals surface area (Å²) in [4.78, 5) is 0. The largest absolute Gasteiger partial charge is 0.349 e. The van der Waals surface area contributed by atoms with Gasteiger partial charge in [0.25, 0.3) is 0 Å². The summed E-state index contributed by atoms with van der Waals surface area (Å²) in [5.41, 5.74) is 0. The smallest absolute Gasteiger partial charge is 0.339 e. The van der Waals surface area contributed by atoms with E-state index >= 15 is 0 Å². The van der Waals surface area contributed by atoms with Crippen LogP contribution in [0.15, 0.2) is 0 Å². The predicted octanol–water partition coefficient (Wildman–Crippen LogP) is 1.25. The van der Waals surface area contributed by atoms with Crippen LogP contribution in [-0.2, 0) is 4.74 Å². The molecule has 1 unspecified atom stereocenters. The summed E-state index contributed by atoms with van der Waals surface area (Å²) in [6.45, 7) is -3.25. The second kappa shape index (κ2) is 2.39. The van der Waals surface area contributed by atoms with E-state index in [4.69, 9.17) is 5.11 Å². The van der Waals surface area contributed by atoms with Gasteiger partial charge in [-0.2, -0.15) is 13.2 Å². The third-order valence-electron chi connectivity index (χ3n) is 1.34. The van der Waals surface area contributed by atoms with E-state index in [9.17, 15) is 13.2 Å². The SMILES string of the molecule is OC(F)(OC(F)F)C1CC1. The fraction of sp³-hybridized carbons (Fsp3) is 1.00. The highest BCUT2D eigenvalue weighted by Crippen LogP contribution is 2.41. The molecule has 1 aliphatic carbocycles. The number of hydrogen-bond acceptors (Lipinski definition) is 2. The Morgan fingerprint density at radius 2 is 2.00 bits per heavy atom. The molecule has 1 N–H and O–H groups in total. The van der Waals surface area contributed by atoms with E-state index in [1.165, 1.54) is 0 Å². The van der Waals surface area contributed by atoms with Crippen molar-refractivity contribution in [2.24, 2.45) is 5.92 Å². The maximum absolute atomic E-state index is 12.4. The molecule has 0 aromatic rings. The molecule has 1 saturated carbocycles. The van der Waals surface area contributed by atoms with Gasteiger partial charge in [-0.05, 0) is 12.8 Å². The Bertz CT molecular complexity index is 122. The minimum Gasteiger partial charge on any atom is -0.339 e. The lowest BCUT2D eigenvalue weighted by atomic mass is 10.4. The minimum absolute atomic E-state index is 0.403. The zero-order valence-electron chi connectivity index (χ0n) is 5.06.